The van der Waals surface area contributed by atoms with Crippen molar-refractivity contribution in [1.29, 1.82) is 0 Å². The Morgan fingerprint density at radius 1 is 1.23 bits per heavy atom. The molecule has 0 saturated carbocycles. The number of carbonyl (C=O) groups excluding carboxylic acids is 1. The molecule has 2 aromatic carbocycles. The minimum Gasteiger partial charge on any atom is -0.483 e. The van der Waals surface area contributed by atoms with E-state index < -0.39 is 0 Å². The summed E-state index contributed by atoms with van der Waals surface area (Å²) in [5.74, 6) is 0.902. The van der Waals surface area contributed by atoms with E-state index in [9.17, 15) is 4.79 Å². The van der Waals surface area contributed by atoms with E-state index in [-0.39, 0.29) is 12.5 Å². The van der Waals surface area contributed by atoms with Gasteiger partial charge in [0.2, 0.25) is 0 Å². The van der Waals surface area contributed by atoms with Gasteiger partial charge in [-0.05, 0) is 52.6 Å². The third kappa shape index (κ3) is 4.24. The summed E-state index contributed by atoms with van der Waals surface area (Å²) in [5.41, 5.74) is 2.53. The van der Waals surface area contributed by atoms with E-state index in [1.165, 1.54) is 11.0 Å². The molecule has 0 aliphatic rings. The van der Waals surface area contributed by atoms with Crippen molar-refractivity contribution in [2.75, 3.05) is 11.9 Å². The second-order valence-electron chi connectivity index (χ2n) is 5.99. The molecule has 134 valence electrons. The summed E-state index contributed by atoms with van der Waals surface area (Å²) in [7, 11) is 0. The number of carbonyl (C=O) groups is 1. The summed E-state index contributed by atoms with van der Waals surface area (Å²) in [5, 5.41) is 13.9. The van der Waals surface area contributed by atoms with Crippen LogP contribution in [0.15, 0.2) is 54.9 Å². The Balaban J connectivity index is 1.63. The monoisotopic (exact) mass is 351 g/mol. The van der Waals surface area contributed by atoms with Crippen LogP contribution in [0.1, 0.15) is 31.7 Å². The first-order valence-corrected chi connectivity index (χ1v) is 8.52. The summed E-state index contributed by atoms with van der Waals surface area (Å²) < 4.78 is 7.27. The van der Waals surface area contributed by atoms with Crippen molar-refractivity contribution in [3.63, 3.8) is 0 Å². The van der Waals surface area contributed by atoms with Crippen molar-refractivity contribution in [1.82, 2.24) is 20.2 Å². The third-order valence-corrected chi connectivity index (χ3v) is 4.16. The molecule has 0 aliphatic carbocycles. The van der Waals surface area contributed by atoms with Crippen molar-refractivity contribution >= 4 is 11.6 Å². The minimum absolute atomic E-state index is 0.0530. The molecule has 1 N–H and O–H groups in total. The summed E-state index contributed by atoms with van der Waals surface area (Å²) >= 11 is 0. The van der Waals surface area contributed by atoms with Crippen LogP contribution in [-0.4, -0.2) is 32.7 Å². The smallest absolute Gasteiger partial charge is 0.262 e. The summed E-state index contributed by atoms with van der Waals surface area (Å²) in [4.78, 5) is 12.3. The molecule has 1 aromatic heterocycles. The number of aromatic nitrogens is 4. The lowest BCUT2D eigenvalue weighted by atomic mass is 9.98. The number of tetrazole rings is 1. The first kappa shape index (κ1) is 17.6. The highest BCUT2D eigenvalue weighted by Gasteiger charge is 2.11. The number of hydrogen-bond donors (Lipinski definition) is 1. The topological polar surface area (TPSA) is 81.9 Å². The molecule has 0 aliphatic heterocycles. The van der Waals surface area contributed by atoms with Gasteiger partial charge in [0.25, 0.3) is 5.91 Å². The Morgan fingerprint density at radius 2 is 2.08 bits per heavy atom. The van der Waals surface area contributed by atoms with Gasteiger partial charge in [-0.1, -0.05) is 38.1 Å². The van der Waals surface area contributed by atoms with Gasteiger partial charge < -0.3 is 10.1 Å². The summed E-state index contributed by atoms with van der Waals surface area (Å²) in [6, 6.07) is 15.1. The zero-order chi connectivity index (χ0) is 18.4. The summed E-state index contributed by atoms with van der Waals surface area (Å²) in [6.07, 6.45) is 2.51. The highest BCUT2D eigenvalue weighted by molar-refractivity contribution is 5.92. The van der Waals surface area contributed by atoms with E-state index in [4.69, 9.17) is 4.74 Å². The number of nitrogens with one attached hydrogen (secondary N) is 1. The molecule has 3 rings (SSSR count). The zero-order valence-corrected chi connectivity index (χ0v) is 14.8. The van der Waals surface area contributed by atoms with Gasteiger partial charge >= 0.3 is 0 Å². The molecule has 0 spiro atoms. The third-order valence-electron chi connectivity index (χ3n) is 4.16. The normalized spacial score (nSPS) is 11.8. The Bertz CT molecular complexity index is 864. The Hall–Kier alpha value is -3.22. The van der Waals surface area contributed by atoms with E-state index in [2.05, 4.69) is 34.7 Å². The average molecular weight is 351 g/mol. The molecule has 7 heteroatoms. The van der Waals surface area contributed by atoms with Crippen molar-refractivity contribution < 1.29 is 9.53 Å². The SMILES string of the molecule is CCC(C)c1ccccc1OCC(=O)Nc1cccc(-n2cnnn2)c1. The molecule has 3 aromatic rings. The van der Waals surface area contributed by atoms with Gasteiger partial charge in [-0.25, -0.2) is 4.68 Å². The molecule has 0 radical (unpaired) electrons. The van der Waals surface area contributed by atoms with Crippen LogP contribution in [0, 0.1) is 0 Å². The minimum atomic E-state index is -0.224. The number of benzene rings is 2. The predicted molar refractivity (Wildman–Crippen MR) is 98.4 cm³/mol. The van der Waals surface area contributed by atoms with Crippen LogP contribution in [0.2, 0.25) is 0 Å². The molecule has 1 atom stereocenters. The second-order valence-corrected chi connectivity index (χ2v) is 5.99. The zero-order valence-electron chi connectivity index (χ0n) is 14.8. The highest BCUT2D eigenvalue weighted by atomic mass is 16.5. The predicted octanol–water partition coefficient (Wildman–Crippen LogP) is 3.19. The van der Waals surface area contributed by atoms with Crippen LogP contribution in [0.25, 0.3) is 5.69 Å². The molecule has 7 nitrogen and oxygen atoms in total. The average Bonchev–Trinajstić information content (AvgIpc) is 3.21. The van der Waals surface area contributed by atoms with Crippen LogP contribution in [0.4, 0.5) is 5.69 Å². The fourth-order valence-corrected chi connectivity index (χ4v) is 2.59. The number of hydrogen-bond acceptors (Lipinski definition) is 5. The number of ether oxygens (including phenoxy) is 1. The van der Waals surface area contributed by atoms with Crippen LogP contribution in [0.3, 0.4) is 0 Å². The van der Waals surface area contributed by atoms with Crippen molar-refractivity contribution in [2.45, 2.75) is 26.2 Å². The summed E-state index contributed by atoms with van der Waals surface area (Å²) in [6.45, 7) is 4.22. The van der Waals surface area contributed by atoms with E-state index in [0.29, 0.717) is 11.6 Å². The van der Waals surface area contributed by atoms with E-state index in [0.717, 1.165) is 23.4 Å². The van der Waals surface area contributed by atoms with E-state index in [1.807, 2.05) is 36.4 Å². The lowest BCUT2D eigenvalue weighted by Gasteiger charge is -2.15. The van der Waals surface area contributed by atoms with Crippen LogP contribution < -0.4 is 10.1 Å². The van der Waals surface area contributed by atoms with Crippen LogP contribution in [-0.2, 0) is 4.79 Å². The molecule has 1 amide bonds. The van der Waals surface area contributed by atoms with Gasteiger partial charge in [-0.3, -0.25) is 4.79 Å². The largest absolute Gasteiger partial charge is 0.483 e. The molecule has 26 heavy (non-hydrogen) atoms. The number of anilines is 1. The lowest BCUT2D eigenvalue weighted by Crippen LogP contribution is -2.20. The van der Waals surface area contributed by atoms with Gasteiger partial charge in [0, 0.05) is 5.69 Å². The number of rotatable bonds is 7. The van der Waals surface area contributed by atoms with E-state index in [1.54, 1.807) is 12.1 Å². The number of para-hydroxylation sites is 1. The fraction of sp³-hybridized carbons (Fsp3) is 0.263. The molecule has 0 saturated heterocycles. The van der Waals surface area contributed by atoms with E-state index >= 15 is 0 Å². The number of amides is 1. The van der Waals surface area contributed by atoms with Crippen molar-refractivity contribution in [2.24, 2.45) is 0 Å². The van der Waals surface area contributed by atoms with Gasteiger partial charge in [-0.15, -0.1) is 5.10 Å². The molecule has 1 unspecified atom stereocenters. The van der Waals surface area contributed by atoms with Gasteiger partial charge in [0.15, 0.2) is 6.61 Å². The first-order valence-electron chi connectivity index (χ1n) is 8.52. The Labute approximate surface area is 152 Å². The van der Waals surface area contributed by atoms with Crippen LogP contribution >= 0.6 is 0 Å². The molecule has 0 fully saturated rings. The van der Waals surface area contributed by atoms with Gasteiger partial charge in [-0.2, -0.15) is 0 Å². The first-order chi connectivity index (χ1) is 12.7. The van der Waals surface area contributed by atoms with Gasteiger partial charge in [0.1, 0.15) is 12.1 Å². The molecule has 1 heterocycles. The quantitative estimate of drug-likeness (QED) is 0.707. The maximum Gasteiger partial charge on any atom is 0.262 e. The Morgan fingerprint density at radius 3 is 2.85 bits per heavy atom. The standard InChI is InChI=1S/C19H21N5O2/c1-3-14(2)17-9-4-5-10-18(17)26-12-19(25)21-15-7-6-8-16(11-15)24-13-20-22-23-24/h4-11,13-14H,3,12H2,1-2H3,(H,21,25). The highest BCUT2D eigenvalue weighted by Crippen LogP contribution is 2.28. The maximum atomic E-state index is 12.3. The second kappa shape index (κ2) is 8.24. The number of nitrogens with zero attached hydrogens (tertiary/aromatic N) is 4. The van der Waals surface area contributed by atoms with Gasteiger partial charge in [0.05, 0.1) is 5.69 Å². The molecule has 0 bridgehead atoms. The Kier molecular flexibility index (Phi) is 5.58. The van der Waals surface area contributed by atoms with Crippen molar-refractivity contribution in [3.05, 3.63) is 60.4 Å². The molecular formula is C19H21N5O2. The van der Waals surface area contributed by atoms with Crippen molar-refractivity contribution in [3.8, 4) is 11.4 Å². The lowest BCUT2D eigenvalue weighted by molar-refractivity contribution is -0.118. The fourth-order valence-electron chi connectivity index (χ4n) is 2.59. The molecular weight excluding hydrogens is 330 g/mol. The maximum absolute atomic E-state index is 12.3. The van der Waals surface area contributed by atoms with Crippen LogP contribution in [0.5, 0.6) is 5.75 Å².